The number of carbonyl (C=O) groups excluding carboxylic acids is 1. The van der Waals surface area contributed by atoms with Gasteiger partial charge in [0, 0.05) is 13.0 Å². The summed E-state index contributed by atoms with van der Waals surface area (Å²) in [4.78, 5) is 11.5. The SMILES string of the molecule is O=C(CCC(F)(F)F)NCc1ccccc1-c1ccsc1. The number of halogens is 3. The van der Waals surface area contributed by atoms with Crippen molar-refractivity contribution in [3.8, 4) is 11.1 Å². The number of nitrogens with one attached hydrogen (secondary N) is 1. The highest BCUT2D eigenvalue weighted by Crippen LogP contribution is 2.26. The maximum Gasteiger partial charge on any atom is 0.389 e. The lowest BCUT2D eigenvalue weighted by molar-refractivity contribution is -0.144. The van der Waals surface area contributed by atoms with Crippen LogP contribution in [0.25, 0.3) is 11.1 Å². The van der Waals surface area contributed by atoms with Crippen molar-refractivity contribution >= 4 is 17.2 Å². The molecule has 0 saturated heterocycles. The molecule has 0 aliphatic carbocycles. The van der Waals surface area contributed by atoms with Crippen LogP contribution >= 0.6 is 11.3 Å². The van der Waals surface area contributed by atoms with E-state index in [4.69, 9.17) is 0 Å². The van der Waals surface area contributed by atoms with Gasteiger partial charge in [-0.25, -0.2) is 0 Å². The van der Waals surface area contributed by atoms with Crippen molar-refractivity contribution in [2.75, 3.05) is 0 Å². The molecule has 0 spiro atoms. The molecule has 6 heteroatoms. The van der Waals surface area contributed by atoms with Gasteiger partial charge in [-0.3, -0.25) is 4.79 Å². The van der Waals surface area contributed by atoms with Crippen molar-refractivity contribution in [2.45, 2.75) is 25.6 Å². The molecule has 2 aromatic rings. The van der Waals surface area contributed by atoms with Gasteiger partial charge >= 0.3 is 6.18 Å². The fourth-order valence-corrected chi connectivity index (χ4v) is 2.57. The minimum absolute atomic E-state index is 0.225. The average Bonchev–Trinajstić information content (AvgIpc) is 2.96. The molecule has 0 saturated carbocycles. The molecule has 1 aromatic heterocycles. The quantitative estimate of drug-likeness (QED) is 0.872. The highest BCUT2D eigenvalue weighted by molar-refractivity contribution is 7.08. The Bertz CT molecular complexity index is 593. The summed E-state index contributed by atoms with van der Waals surface area (Å²) in [5, 5.41) is 6.48. The Labute approximate surface area is 124 Å². The summed E-state index contributed by atoms with van der Waals surface area (Å²) in [6.07, 6.45) is -5.93. The average molecular weight is 313 g/mol. The Balaban J connectivity index is 1.96. The van der Waals surface area contributed by atoms with Crippen LogP contribution < -0.4 is 5.32 Å². The predicted molar refractivity (Wildman–Crippen MR) is 76.9 cm³/mol. The summed E-state index contributed by atoms with van der Waals surface area (Å²) >= 11 is 1.57. The molecule has 0 unspecified atom stereocenters. The van der Waals surface area contributed by atoms with Gasteiger partial charge in [0.05, 0.1) is 6.42 Å². The second-order valence-corrected chi connectivity index (χ2v) is 5.34. The summed E-state index contributed by atoms with van der Waals surface area (Å²) in [5.74, 6) is -0.590. The summed E-state index contributed by atoms with van der Waals surface area (Å²) < 4.78 is 36.2. The van der Waals surface area contributed by atoms with E-state index in [9.17, 15) is 18.0 Å². The molecule has 0 radical (unpaired) electrons. The van der Waals surface area contributed by atoms with Crippen LogP contribution in [0.4, 0.5) is 13.2 Å². The molecular formula is C15H14F3NOS. The van der Waals surface area contributed by atoms with Crippen molar-refractivity contribution in [3.63, 3.8) is 0 Å². The largest absolute Gasteiger partial charge is 0.389 e. The number of rotatable bonds is 5. The molecule has 0 atom stereocenters. The van der Waals surface area contributed by atoms with Crippen molar-refractivity contribution in [3.05, 3.63) is 46.7 Å². The number of carbonyl (C=O) groups is 1. The van der Waals surface area contributed by atoms with Crippen molar-refractivity contribution < 1.29 is 18.0 Å². The zero-order chi connectivity index (χ0) is 15.3. The second-order valence-electron chi connectivity index (χ2n) is 4.56. The molecule has 2 rings (SSSR count). The number of alkyl halides is 3. The smallest absolute Gasteiger partial charge is 0.352 e. The van der Waals surface area contributed by atoms with Gasteiger partial charge in [0.1, 0.15) is 0 Å². The molecule has 1 amide bonds. The molecule has 0 aliphatic rings. The van der Waals surface area contributed by atoms with Crippen LogP contribution in [0.2, 0.25) is 0 Å². The Morgan fingerprint density at radius 1 is 1.19 bits per heavy atom. The minimum Gasteiger partial charge on any atom is -0.352 e. The molecule has 2 nitrogen and oxygen atoms in total. The van der Waals surface area contributed by atoms with E-state index in [0.29, 0.717) is 0 Å². The lowest BCUT2D eigenvalue weighted by atomic mass is 10.0. The Kier molecular flexibility index (Phi) is 5.01. The van der Waals surface area contributed by atoms with Gasteiger partial charge in [-0.1, -0.05) is 24.3 Å². The molecule has 0 aliphatic heterocycles. The van der Waals surface area contributed by atoms with Gasteiger partial charge in [0.2, 0.25) is 5.91 Å². The van der Waals surface area contributed by atoms with Gasteiger partial charge in [-0.05, 0) is 33.5 Å². The Morgan fingerprint density at radius 2 is 1.95 bits per heavy atom. The highest BCUT2D eigenvalue weighted by Gasteiger charge is 2.27. The normalized spacial score (nSPS) is 11.4. The first-order valence-corrected chi connectivity index (χ1v) is 7.34. The van der Waals surface area contributed by atoms with E-state index in [1.54, 1.807) is 11.3 Å². The lowest BCUT2D eigenvalue weighted by Gasteiger charge is -2.10. The van der Waals surface area contributed by atoms with Crippen LogP contribution in [0.5, 0.6) is 0 Å². The van der Waals surface area contributed by atoms with Crippen LogP contribution in [0, 0.1) is 0 Å². The predicted octanol–water partition coefficient (Wildman–Crippen LogP) is 4.37. The summed E-state index contributed by atoms with van der Waals surface area (Å²) in [7, 11) is 0. The molecule has 1 N–H and O–H groups in total. The van der Waals surface area contributed by atoms with E-state index in [2.05, 4.69) is 5.32 Å². The number of hydrogen-bond acceptors (Lipinski definition) is 2. The first-order chi connectivity index (χ1) is 9.96. The Morgan fingerprint density at radius 3 is 2.62 bits per heavy atom. The summed E-state index contributed by atoms with van der Waals surface area (Å²) in [6.45, 7) is 0.225. The maximum atomic E-state index is 12.1. The third kappa shape index (κ3) is 4.90. The standard InChI is InChI=1S/C15H14F3NOS/c16-15(17,18)7-5-14(20)19-9-11-3-1-2-4-13(11)12-6-8-21-10-12/h1-4,6,8,10H,5,7,9H2,(H,19,20). The van der Waals surface area contributed by atoms with Gasteiger partial charge < -0.3 is 5.32 Å². The first-order valence-electron chi connectivity index (χ1n) is 6.39. The molecule has 0 fully saturated rings. The van der Waals surface area contributed by atoms with E-state index < -0.39 is 24.9 Å². The van der Waals surface area contributed by atoms with Crippen molar-refractivity contribution in [1.82, 2.24) is 5.32 Å². The first kappa shape index (κ1) is 15.6. The van der Waals surface area contributed by atoms with Crippen molar-refractivity contribution in [1.29, 1.82) is 0 Å². The third-order valence-corrected chi connectivity index (χ3v) is 3.64. The topological polar surface area (TPSA) is 29.1 Å². The highest BCUT2D eigenvalue weighted by atomic mass is 32.1. The van der Waals surface area contributed by atoms with Gasteiger partial charge in [-0.15, -0.1) is 0 Å². The second kappa shape index (κ2) is 6.76. The number of benzene rings is 1. The maximum absolute atomic E-state index is 12.1. The lowest BCUT2D eigenvalue weighted by Crippen LogP contribution is -2.24. The summed E-state index contributed by atoms with van der Waals surface area (Å²) in [5.41, 5.74) is 2.91. The van der Waals surface area contributed by atoms with Crippen molar-refractivity contribution in [2.24, 2.45) is 0 Å². The summed E-state index contributed by atoms with van der Waals surface area (Å²) in [6, 6.07) is 9.49. The molecule has 1 aromatic carbocycles. The fourth-order valence-electron chi connectivity index (χ4n) is 1.91. The number of amides is 1. The van der Waals surface area contributed by atoms with Crippen LogP contribution in [0.15, 0.2) is 41.1 Å². The van der Waals surface area contributed by atoms with Gasteiger partial charge in [0.25, 0.3) is 0 Å². The molecule has 112 valence electrons. The van der Waals surface area contributed by atoms with E-state index in [0.717, 1.165) is 16.7 Å². The number of thiophene rings is 1. The number of hydrogen-bond donors (Lipinski definition) is 1. The zero-order valence-electron chi connectivity index (χ0n) is 11.1. The molecule has 0 bridgehead atoms. The monoisotopic (exact) mass is 313 g/mol. The van der Waals surface area contributed by atoms with Crippen LogP contribution in [-0.4, -0.2) is 12.1 Å². The van der Waals surface area contributed by atoms with E-state index in [1.165, 1.54) is 0 Å². The molecule has 1 heterocycles. The van der Waals surface area contributed by atoms with E-state index >= 15 is 0 Å². The van der Waals surface area contributed by atoms with E-state index in [1.807, 2.05) is 41.1 Å². The van der Waals surface area contributed by atoms with E-state index in [-0.39, 0.29) is 6.54 Å². The fraction of sp³-hybridized carbons (Fsp3) is 0.267. The molecular weight excluding hydrogens is 299 g/mol. The third-order valence-electron chi connectivity index (χ3n) is 2.96. The van der Waals surface area contributed by atoms with Crippen LogP contribution in [0.1, 0.15) is 18.4 Å². The van der Waals surface area contributed by atoms with Crippen LogP contribution in [0.3, 0.4) is 0 Å². The van der Waals surface area contributed by atoms with Crippen LogP contribution in [-0.2, 0) is 11.3 Å². The zero-order valence-corrected chi connectivity index (χ0v) is 11.9. The van der Waals surface area contributed by atoms with Gasteiger partial charge in [0.15, 0.2) is 0 Å². The minimum atomic E-state index is -4.30. The molecule has 21 heavy (non-hydrogen) atoms. The van der Waals surface area contributed by atoms with Gasteiger partial charge in [-0.2, -0.15) is 24.5 Å². The Hall–Kier alpha value is -1.82.